The van der Waals surface area contributed by atoms with Crippen molar-refractivity contribution < 1.29 is 19.1 Å². The van der Waals surface area contributed by atoms with Crippen LogP contribution >= 0.6 is 34.4 Å². The van der Waals surface area contributed by atoms with E-state index in [1.807, 2.05) is 36.6 Å². The van der Waals surface area contributed by atoms with Crippen molar-refractivity contribution in [1.82, 2.24) is 20.1 Å². The van der Waals surface area contributed by atoms with Crippen LogP contribution in [0.3, 0.4) is 0 Å². The Morgan fingerprint density at radius 1 is 1.15 bits per heavy atom. The first-order valence-corrected chi connectivity index (χ1v) is 12.3. The Hall–Kier alpha value is -2.80. The van der Waals surface area contributed by atoms with E-state index < -0.39 is 0 Å². The minimum atomic E-state index is -0.250. The molecule has 2 N–H and O–H groups in total. The van der Waals surface area contributed by atoms with Crippen molar-refractivity contribution in [2.45, 2.75) is 32.1 Å². The third kappa shape index (κ3) is 5.58. The van der Waals surface area contributed by atoms with Crippen LogP contribution in [-0.4, -0.2) is 39.1 Å². The number of benzene rings is 2. The lowest BCUT2D eigenvalue weighted by molar-refractivity contribution is -0.113. The van der Waals surface area contributed by atoms with E-state index in [1.165, 1.54) is 11.8 Å². The second-order valence-electron chi connectivity index (χ2n) is 7.19. The van der Waals surface area contributed by atoms with Crippen LogP contribution in [0.15, 0.2) is 41.6 Å². The number of amides is 2. The van der Waals surface area contributed by atoms with Crippen LogP contribution in [0.5, 0.6) is 11.5 Å². The lowest BCUT2D eigenvalue weighted by Gasteiger charge is -2.10. The molecule has 0 saturated carbocycles. The highest BCUT2D eigenvalue weighted by molar-refractivity contribution is 14.1. The Morgan fingerprint density at radius 2 is 1.97 bits per heavy atom. The fourth-order valence-corrected chi connectivity index (χ4v) is 4.73. The maximum absolute atomic E-state index is 12.5. The molecule has 0 aliphatic carbocycles. The molecule has 2 heterocycles. The number of ether oxygens (including phenoxy) is 2. The third-order valence-corrected chi connectivity index (χ3v) is 6.58. The largest absolute Gasteiger partial charge is 0.454 e. The van der Waals surface area contributed by atoms with Gasteiger partial charge >= 0.3 is 0 Å². The SMILES string of the molecule is CCn1c(CNC(=O)c2ccc3c(c2)OCO3)nnc1SCC(=O)Nc1ccc(I)cc1C. The van der Waals surface area contributed by atoms with Crippen LogP contribution in [0, 0.1) is 10.5 Å². The second-order valence-corrected chi connectivity index (χ2v) is 9.38. The number of nitrogens with one attached hydrogen (secondary N) is 2. The maximum Gasteiger partial charge on any atom is 0.251 e. The molecule has 1 aliphatic rings. The molecule has 0 fully saturated rings. The van der Waals surface area contributed by atoms with Crippen LogP contribution in [0.2, 0.25) is 0 Å². The first-order valence-electron chi connectivity index (χ1n) is 10.2. The van der Waals surface area contributed by atoms with Crippen LogP contribution in [0.25, 0.3) is 0 Å². The highest BCUT2D eigenvalue weighted by Crippen LogP contribution is 2.32. The molecule has 0 unspecified atom stereocenters. The van der Waals surface area contributed by atoms with E-state index in [4.69, 9.17) is 9.47 Å². The number of thioether (sulfide) groups is 1. The summed E-state index contributed by atoms with van der Waals surface area (Å²) in [6.07, 6.45) is 0. The summed E-state index contributed by atoms with van der Waals surface area (Å²) < 4.78 is 13.6. The molecule has 1 aromatic heterocycles. The summed E-state index contributed by atoms with van der Waals surface area (Å²) >= 11 is 3.54. The monoisotopic (exact) mass is 579 g/mol. The van der Waals surface area contributed by atoms with Gasteiger partial charge in [0, 0.05) is 21.4 Å². The van der Waals surface area contributed by atoms with Crippen LogP contribution < -0.4 is 20.1 Å². The minimum Gasteiger partial charge on any atom is -0.454 e. The Bertz CT molecular complexity index is 1200. The average molecular weight is 579 g/mol. The van der Waals surface area contributed by atoms with Gasteiger partial charge in [0.2, 0.25) is 12.7 Å². The smallest absolute Gasteiger partial charge is 0.251 e. The molecule has 11 heteroatoms. The van der Waals surface area contributed by atoms with E-state index in [0.717, 1.165) is 14.8 Å². The van der Waals surface area contributed by atoms with Gasteiger partial charge in [0.25, 0.3) is 5.91 Å². The van der Waals surface area contributed by atoms with Gasteiger partial charge in [0.05, 0.1) is 12.3 Å². The number of anilines is 1. The molecule has 1 aliphatic heterocycles. The second kappa shape index (κ2) is 10.4. The van der Waals surface area contributed by atoms with Crippen molar-refractivity contribution >= 4 is 51.9 Å². The zero-order valence-corrected chi connectivity index (χ0v) is 21.0. The highest BCUT2D eigenvalue weighted by Gasteiger charge is 2.18. The molecule has 0 atom stereocenters. The van der Waals surface area contributed by atoms with Gasteiger partial charge in [0.1, 0.15) is 0 Å². The molecule has 2 aromatic carbocycles. The van der Waals surface area contributed by atoms with E-state index >= 15 is 0 Å². The number of rotatable bonds is 8. The number of halogens is 1. The fourth-order valence-electron chi connectivity index (χ4n) is 3.26. The first-order chi connectivity index (χ1) is 15.9. The van der Waals surface area contributed by atoms with Gasteiger partial charge < -0.3 is 24.7 Å². The summed E-state index contributed by atoms with van der Waals surface area (Å²) in [5.41, 5.74) is 2.28. The summed E-state index contributed by atoms with van der Waals surface area (Å²) in [4.78, 5) is 25.0. The predicted molar refractivity (Wildman–Crippen MR) is 133 cm³/mol. The zero-order valence-electron chi connectivity index (χ0n) is 18.1. The molecule has 0 saturated heterocycles. The molecule has 2 amide bonds. The number of carbonyl (C=O) groups is 2. The van der Waals surface area contributed by atoms with Gasteiger partial charge in [-0.15, -0.1) is 10.2 Å². The molecular formula is C22H22IN5O4S. The van der Waals surface area contributed by atoms with Crippen LogP contribution in [0.4, 0.5) is 5.69 Å². The van der Waals surface area contributed by atoms with Gasteiger partial charge in [0.15, 0.2) is 22.5 Å². The number of fused-ring (bicyclic) bond motifs is 1. The average Bonchev–Trinajstić information content (AvgIpc) is 3.43. The summed E-state index contributed by atoms with van der Waals surface area (Å²) in [6.45, 7) is 4.91. The molecule has 4 rings (SSSR count). The van der Waals surface area contributed by atoms with E-state index in [0.29, 0.717) is 34.6 Å². The van der Waals surface area contributed by atoms with E-state index in [9.17, 15) is 9.59 Å². The van der Waals surface area contributed by atoms with E-state index in [2.05, 4.69) is 43.4 Å². The number of hydrogen-bond acceptors (Lipinski definition) is 7. The minimum absolute atomic E-state index is 0.118. The molecule has 33 heavy (non-hydrogen) atoms. The maximum atomic E-state index is 12.5. The van der Waals surface area contributed by atoms with Gasteiger partial charge in [-0.2, -0.15) is 0 Å². The molecule has 0 bridgehead atoms. The predicted octanol–water partition coefficient (Wildman–Crippen LogP) is 3.60. The van der Waals surface area contributed by atoms with E-state index in [1.54, 1.807) is 18.2 Å². The standard InChI is InChI=1S/C22H22IN5O4S/c1-3-28-19(10-24-21(30)14-4-7-17-18(9-14)32-12-31-17)26-27-22(28)33-11-20(29)25-16-6-5-15(23)8-13(16)2/h4-9H,3,10-12H2,1-2H3,(H,24,30)(H,25,29). The number of nitrogens with zero attached hydrogens (tertiary/aromatic N) is 3. The van der Waals surface area contributed by atoms with Crippen molar-refractivity contribution in [3.05, 3.63) is 56.9 Å². The number of aryl methyl sites for hydroxylation is 1. The Balaban J connectivity index is 1.33. The zero-order chi connectivity index (χ0) is 23.4. The van der Waals surface area contributed by atoms with E-state index in [-0.39, 0.29) is 30.9 Å². The topological polar surface area (TPSA) is 107 Å². The lowest BCUT2D eigenvalue weighted by Crippen LogP contribution is -2.24. The number of carbonyl (C=O) groups excluding carboxylic acids is 2. The van der Waals surface area contributed by atoms with Gasteiger partial charge in [-0.1, -0.05) is 11.8 Å². The Morgan fingerprint density at radius 3 is 2.76 bits per heavy atom. The highest BCUT2D eigenvalue weighted by atomic mass is 127. The summed E-state index contributed by atoms with van der Waals surface area (Å²) in [5, 5.41) is 14.8. The molecule has 0 radical (unpaired) electrons. The molecular weight excluding hydrogens is 557 g/mol. The summed E-state index contributed by atoms with van der Waals surface area (Å²) in [7, 11) is 0. The summed E-state index contributed by atoms with van der Waals surface area (Å²) in [6, 6.07) is 10.9. The molecule has 172 valence electrons. The van der Waals surface area contributed by atoms with Crippen LogP contribution in [-0.2, 0) is 17.9 Å². The van der Waals surface area contributed by atoms with Gasteiger partial charge in [-0.25, -0.2) is 0 Å². The quantitative estimate of drug-likeness (QED) is 0.310. The number of aromatic nitrogens is 3. The molecule has 9 nitrogen and oxygen atoms in total. The van der Waals surface area contributed by atoms with Crippen molar-refractivity contribution in [2.24, 2.45) is 0 Å². The van der Waals surface area contributed by atoms with Crippen molar-refractivity contribution in [3.63, 3.8) is 0 Å². The van der Waals surface area contributed by atoms with Crippen molar-refractivity contribution in [2.75, 3.05) is 17.9 Å². The van der Waals surface area contributed by atoms with Gasteiger partial charge in [-0.3, -0.25) is 9.59 Å². The normalized spacial score (nSPS) is 12.0. The van der Waals surface area contributed by atoms with Crippen LogP contribution in [0.1, 0.15) is 28.7 Å². The lowest BCUT2D eigenvalue weighted by atomic mass is 10.2. The first kappa shape index (κ1) is 23.4. The Labute approximate surface area is 208 Å². The fraction of sp³-hybridized carbons (Fsp3) is 0.273. The molecule has 0 spiro atoms. The molecule has 3 aromatic rings. The third-order valence-electron chi connectivity index (χ3n) is 4.95. The van der Waals surface area contributed by atoms with Crippen molar-refractivity contribution in [3.8, 4) is 11.5 Å². The number of hydrogen-bond donors (Lipinski definition) is 2. The van der Waals surface area contributed by atoms with Crippen molar-refractivity contribution in [1.29, 1.82) is 0 Å². The Kier molecular flexibility index (Phi) is 7.38. The summed E-state index contributed by atoms with van der Waals surface area (Å²) in [5.74, 6) is 1.63. The van der Waals surface area contributed by atoms with Gasteiger partial charge in [-0.05, 0) is 78.4 Å².